The zero-order valence-corrected chi connectivity index (χ0v) is 13.8. The number of rotatable bonds is 4. The number of ketones is 1. The first-order chi connectivity index (χ1) is 11.5. The van der Waals surface area contributed by atoms with Gasteiger partial charge in [-0.3, -0.25) is 4.79 Å². The Morgan fingerprint density at radius 1 is 1.21 bits per heavy atom. The molecule has 0 aliphatic rings. The maximum atomic E-state index is 14.0. The maximum absolute atomic E-state index is 14.0. The number of H-pyrrole nitrogens is 1. The van der Waals surface area contributed by atoms with Crippen molar-refractivity contribution in [1.29, 1.82) is 0 Å². The van der Waals surface area contributed by atoms with Crippen LogP contribution in [0, 0.1) is 12.7 Å². The van der Waals surface area contributed by atoms with Crippen molar-refractivity contribution in [2.75, 3.05) is 0 Å². The molecule has 122 valence electrons. The minimum absolute atomic E-state index is 0.0171. The summed E-state index contributed by atoms with van der Waals surface area (Å²) in [7, 11) is 0. The molecule has 1 aromatic heterocycles. The van der Waals surface area contributed by atoms with E-state index in [2.05, 4.69) is 4.98 Å². The Kier molecular flexibility index (Phi) is 4.51. The topological polar surface area (TPSA) is 58.9 Å². The van der Waals surface area contributed by atoms with Gasteiger partial charge in [0.1, 0.15) is 5.82 Å². The van der Waals surface area contributed by atoms with Crippen molar-refractivity contribution in [2.24, 2.45) is 5.73 Å². The van der Waals surface area contributed by atoms with E-state index in [1.54, 1.807) is 30.3 Å². The van der Waals surface area contributed by atoms with Crippen LogP contribution in [0.15, 0.2) is 48.7 Å². The van der Waals surface area contributed by atoms with Crippen LogP contribution in [0.25, 0.3) is 11.1 Å². The van der Waals surface area contributed by atoms with Gasteiger partial charge in [-0.15, -0.1) is 0 Å². The summed E-state index contributed by atoms with van der Waals surface area (Å²) in [5.74, 6) is -0.965. The van der Waals surface area contributed by atoms with Gasteiger partial charge in [-0.1, -0.05) is 29.8 Å². The predicted octanol–water partition coefficient (Wildman–Crippen LogP) is 4.47. The second kappa shape index (κ2) is 6.59. The van der Waals surface area contributed by atoms with Crippen LogP contribution in [0.2, 0.25) is 5.02 Å². The molecule has 0 spiro atoms. The molecule has 0 radical (unpaired) electrons. The van der Waals surface area contributed by atoms with Crippen molar-refractivity contribution in [3.8, 4) is 11.1 Å². The SMILES string of the molecule is Cc1[nH]cc(CN)c1-c1ccc(Cl)cc1C(=O)c1ccccc1F. The quantitative estimate of drug-likeness (QED) is 0.687. The number of aromatic nitrogens is 1. The molecule has 0 amide bonds. The average Bonchev–Trinajstić information content (AvgIpc) is 2.95. The zero-order valence-electron chi connectivity index (χ0n) is 13.1. The van der Waals surface area contributed by atoms with Crippen molar-refractivity contribution in [3.63, 3.8) is 0 Å². The first kappa shape index (κ1) is 16.4. The van der Waals surface area contributed by atoms with E-state index in [0.29, 0.717) is 22.7 Å². The molecule has 5 heteroatoms. The molecule has 0 saturated heterocycles. The van der Waals surface area contributed by atoms with E-state index in [1.807, 2.05) is 13.1 Å². The van der Waals surface area contributed by atoms with Crippen LogP contribution < -0.4 is 5.73 Å². The summed E-state index contributed by atoms with van der Waals surface area (Å²) in [4.78, 5) is 16.0. The first-order valence-corrected chi connectivity index (χ1v) is 7.86. The Morgan fingerprint density at radius 2 is 1.96 bits per heavy atom. The lowest BCUT2D eigenvalue weighted by Gasteiger charge is -2.12. The Balaban J connectivity index is 2.22. The molecule has 0 bridgehead atoms. The largest absolute Gasteiger partial charge is 0.364 e. The molecule has 0 saturated carbocycles. The highest BCUT2D eigenvalue weighted by Gasteiger charge is 2.21. The minimum Gasteiger partial charge on any atom is -0.364 e. The standard InChI is InChI=1S/C19H16ClFN2O/c1-11-18(12(9-22)10-23-11)14-7-6-13(20)8-16(14)19(24)15-4-2-3-5-17(15)21/h2-8,10,23H,9,22H2,1H3. The summed E-state index contributed by atoms with van der Waals surface area (Å²) in [5.41, 5.74) is 9.49. The van der Waals surface area contributed by atoms with E-state index in [0.717, 1.165) is 16.8 Å². The number of nitrogens with two attached hydrogens (primary N) is 1. The number of hydrogen-bond acceptors (Lipinski definition) is 2. The van der Waals surface area contributed by atoms with Crippen molar-refractivity contribution in [3.05, 3.63) is 81.9 Å². The molecule has 3 nitrogen and oxygen atoms in total. The molecule has 0 aliphatic heterocycles. The molecule has 24 heavy (non-hydrogen) atoms. The van der Waals surface area contributed by atoms with E-state index in [1.165, 1.54) is 12.1 Å². The van der Waals surface area contributed by atoms with E-state index in [4.69, 9.17) is 17.3 Å². The van der Waals surface area contributed by atoms with E-state index in [9.17, 15) is 9.18 Å². The van der Waals surface area contributed by atoms with Crippen molar-refractivity contribution >= 4 is 17.4 Å². The van der Waals surface area contributed by atoms with Gasteiger partial charge in [-0.25, -0.2) is 4.39 Å². The summed E-state index contributed by atoms with van der Waals surface area (Å²) in [6, 6.07) is 11.0. The monoisotopic (exact) mass is 342 g/mol. The number of aromatic amines is 1. The van der Waals surface area contributed by atoms with Gasteiger partial charge in [0.15, 0.2) is 5.78 Å². The fraction of sp³-hybridized carbons (Fsp3) is 0.105. The zero-order chi connectivity index (χ0) is 17.3. The Hall–Kier alpha value is -2.43. The van der Waals surface area contributed by atoms with Crippen LogP contribution in [0.5, 0.6) is 0 Å². The third-order valence-electron chi connectivity index (χ3n) is 3.99. The Bertz CT molecular complexity index is 917. The van der Waals surface area contributed by atoms with Crippen molar-refractivity contribution < 1.29 is 9.18 Å². The van der Waals surface area contributed by atoms with Gasteiger partial charge in [0, 0.05) is 34.6 Å². The number of benzene rings is 2. The van der Waals surface area contributed by atoms with E-state index < -0.39 is 11.6 Å². The molecular weight excluding hydrogens is 327 g/mol. The summed E-state index contributed by atoms with van der Waals surface area (Å²) < 4.78 is 14.0. The Morgan fingerprint density at radius 3 is 2.67 bits per heavy atom. The molecule has 0 fully saturated rings. The molecule has 3 aromatic rings. The summed E-state index contributed by atoms with van der Waals surface area (Å²) >= 11 is 6.08. The number of carbonyl (C=O) groups is 1. The van der Waals surface area contributed by atoms with Crippen LogP contribution in [0.4, 0.5) is 4.39 Å². The number of nitrogens with one attached hydrogen (secondary N) is 1. The second-order valence-corrected chi connectivity index (χ2v) is 5.95. The third-order valence-corrected chi connectivity index (χ3v) is 4.23. The lowest BCUT2D eigenvalue weighted by Crippen LogP contribution is -2.07. The van der Waals surface area contributed by atoms with E-state index in [-0.39, 0.29) is 5.56 Å². The maximum Gasteiger partial charge on any atom is 0.196 e. The van der Waals surface area contributed by atoms with Crippen LogP contribution in [0.1, 0.15) is 27.2 Å². The summed E-state index contributed by atoms with van der Waals surface area (Å²) in [5, 5.41) is 0.418. The number of aryl methyl sites for hydroxylation is 1. The van der Waals surface area contributed by atoms with E-state index >= 15 is 0 Å². The molecule has 0 atom stereocenters. The highest BCUT2D eigenvalue weighted by molar-refractivity contribution is 6.31. The van der Waals surface area contributed by atoms with Gasteiger partial charge in [0.25, 0.3) is 0 Å². The van der Waals surface area contributed by atoms with Crippen LogP contribution in [-0.4, -0.2) is 10.8 Å². The average molecular weight is 343 g/mol. The minimum atomic E-state index is -0.557. The smallest absolute Gasteiger partial charge is 0.196 e. The molecule has 0 aliphatic carbocycles. The van der Waals surface area contributed by atoms with Gasteiger partial charge < -0.3 is 10.7 Å². The number of halogens is 2. The molecule has 2 aromatic carbocycles. The summed E-state index contributed by atoms with van der Waals surface area (Å²) in [6.07, 6.45) is 1.82. The number of carbonyl (C=O) groups excluding carboxylic acids is 1. The lowest BCUT2D eigenvalue weighted by atomic mass is 9.92. The molecule has 0 unspecified atom stereocenters. The molecular formula is C19H16ClFN2O. The van der Waals surface area contributed by atoms with Crippen molar-refractivity contribution in [2.45, 2.75) is 13.5 Å². The predicted molar refractivity (Wildman–Crippen MR) is 93.7 cm³/mol. The molecule has 3 N–H and O–H groups in total. The lowest BCUT2D eigenvalue weighted by molar-refractivity contribution is 0.103. The highest BCUT2D eigenvalue weighted by Crippen LogP contribution is 2.33. The Labute approximate surface area is 144 Å². The van der Waals surface area contributed by atoms with Crippen molar-refractivity contribution in [1.82, 2.24) is 4.98 Å². The molecule has 1 heterocycles. The van der Waals surface area contributed by atoms with Gasteiger partial charge in [0.05, 0.1) is 5.56 Å². The highest BCUT2D eigenvalue weighted by atomic mass is 35.5. The normalized spacial score (nSPS) is 10.8. The fourth-order valence-corrected chi connectivity index (χ4v) is 3.00. The first-order valence-electron chi connectivity index (χ1n) is 7.49. The van der Waals surface area contributed by atoms with Gasteiger partial charge in [-0.05, 0) is 42.3 Å². The van der Waals surface area contributed by atoms with Gasteiger partial charge >= 0.3 is 0 Å². The van der Waals surface area contributed by atoms with Crippen LogP contribution in [0.3, 0.4) is 0 Å². The number of hydrogen-bond donors (Lipinski definition) is 2. The second-order valence-electron chi connectivity index (χ2n) is 5.52. The van der Waals surface area contributed by atoms with Gasteiger partial charge in [-0.2, -0.15) is 0 Å². The van der Waals surface area contributed by atoms with Gasteiger partial charge in [0.2, 0.25) is 0 Å². The van der Waals surface area contributed by atoms with Crippen LogP contribution in [-0.2, 0) is 6.54 Å². The third kappa shape index (κ3) is 2.86. The summed E-state index contributed by atoms with van der Waals surface area (Å²) in [6.45, 7) is 2.23. The van der Waals surface area contributed by atoms with Crippen LogP contribution >= 0.6 is 11.6 Å². The fourth-order valence-electron chi connectivity index (χ4n) is 2.83. The molecule has 3 rings (SSSR count).